The summed E-state index contributed by atoms with van der Waals surface area (Å²) in [5, 5.41) is 0. The van der Waals surface area contributed by atoms with Crippen molar-refractivity contribution in [1.29, 1.82) is 0 Å². The third-order valence-corrected chi connectivity index (χ3v) is 4.57. The van der Waals surface area contributed by atoms with Crippen LogP contribution in [-0.4, -0.2) is 55.6 Å². The van der Waals surface area contributed by atoms with Gasteiger partial charge in [0.25, 0.3) is 0 Å². The summed E-state index contributed by atoms with van der Waals surface area (Å²) in [7, 11) is 4.43. The molecule has 1 aliphatic carbocycles. The summed E-state index contributed by atoms with van der Waals surface area (Å²) in [4.78, 5) is 4.86. The van der Waals surface area contributed by atoms with Gasteiger partial charge in [0.15, 0.2) is 0 Å². The van der Waals surface area contributed by atoms with Crippen LogP contribution >= 0.6 is 0 Å². The fraction of sp³-hybridized carbons (Fsp3) is 0.867. The lowest BCUT2D eigenvalue weighted by molar-refractivity contribution is 0.103. The Kier molecular flexibility index (Phi) is 5.22. The molecule has 3 heteroatoms. The topological polar surface area (TPSA) is 32.5 Å². The van der Waals surface area contributed by atoms with Crippen LogP contribution in [0.1, 0.15) is 38.5 Å². The standard InChI is InChI=1S/C15H29N3/c1-17-10-11-18(2)14(12-17)15(16)13-8-6-4-3-5-7-9-13/h8,14-15H,3-7,9-12,16H2,1-2H3. The molecule has 2 N–H and O–H groups in total. The lowest BCUT2D eigenvalue weighted by Gasteiger charge is -2.41. The van der Waals surface area contributed by atoms with Gasteiger partial charge >= 0.3 is 0 Å². The van der Waals surface area contributed by atoms with E-state index in [1.54, 1.807) is 0 Å². The Morgan fingerprint density at radius 1 is 1.17 bits per heavy atom. The van der Waals surface area contributed by atoms with Gasteiger partial charge in [0.05, 0.1) is 0 Å². The first-order valence-corrected chi connectivity index (χ1v) is 7.52. The van der Waals surface area contributed by atoms with Crippen LogP contribution in [-0.2, 0) is 0 Å². The first kappa shape index (κ1) is 14.0. The van der Waals surface area contributed by atoms with Crippen LogP contribution in [0.3, 0.4) is 0 Å². The Morgan fingerprint density at radius 3 is 2.78 bits per heavy atom. The highest BCUT2D eigenvalue weighted by atomic mass is 15.3. The normalized spacial score (nSPS) is 30.4. The van der Waals surface area contributed by atoms with E-state index >= 15 is 0 Å². The molecule has 0 amide bonds. The Hall–Kier alpha value is -0.380. The van der Waals surface area contributed by atoms with Crippen LogP contribution in [0.2, 0.25) is 0 Å². The van der Waals surface area contributed by atoms with Gasteiger partial charge in [-0.1, -0.05) is 24.5 Å². The van der Waals surface area contributed by atoms with E-state index in [1.807, 2.05) is 0 Å². The summed E-state index contributed by atoms with van der Waals surface area (Å²) < 4.78 is 0. The van der Waals surface area contributed by atoms with Gasteiger partial charge in [0.1, 0.15) is 0 Å². The maximum absolute atomic E-state index is 6.56. The van der Waals surface area contributed by atoms with Crippen molar-refractivity contribution in [3.8, 4) is 0 Å². The monoisotopic (exact) mass is 251 g/mol. The Labute approximate surface area is 112 Å². The van der Waals surface area contributed by atoms with Gasteiger partial charge in [-0.3, -0.25) is 4.90 Å². The molecule has 0 radical (unpaired) electrons. The van der Waals surface area contributed by atoms with Crippen LogP contribution in [0.4, 0.5) is 0 Å². The van der Waals surface area contributed by atoms with Gasteiger partial charge in [-0.05, 0) is 39.8 Å². The van der Waals surface area contributed by atoms with E-state index in [-0.39, 0.29) is 6.04 Å². The molecule has 1 aliphatic heterocycles. The molecule has 0 aromatic rings. The minimum absolute atomic E-state index is 0.232. The molecule has 0 aromatic heterocycles. The molecule has 1 heterocycles. The Bertz CT molecular complexity index is 287. The lowest BCUT2D eigenvalue weighted by Crippen LogP contribution is -2.58. The highest BCUT2D eigenvalue weighted by Crippen LogP contribution is 2.22. The highest BCUT2D eigenvalue weighted by Gasteiger charge is 2.29. The molecule has 2 rings (SSSR count). The van der Waals surface area contributed by atoms with Gasteiger partial charge < -0.3 is 10.6 Å². The number of hydrogen-bond acceptors (Lipinski definition) is 3. The maximum Gasteiger partial charge on any atom is 0.0424 e. The predicted molar refractivity (Wildman–Crippen MR) is 77.7 cm³/mol. The predicted octanol–water partition coefficient (Wildman–Crippen LogP) is 1.84. The number of piperazine rings is 1. The van der Waals surface area contributed by atoms with Crippen molar-refractivity contribution < 1.29 is 0 Å². The number of hydrogen-bond donors (Lipinski definition) is 1. The molecule has 0 aromatic carbocycles. The second-order valence-electron chi connectivity index (χ2n) is 6.07. The lowest BCUT2D eigenvalue weighted by atomic mass is 9.90. The average Bonchev–Trinajstić information content (AvgIpc) is 2.31. The molecule has 1 saturated heterocycles. The molecule has 2 unspecified atom stereocenters. The highest BCUT2D eigenvalue weighted by molar-refractivity contribution is 5.15. The van der Waals surface area contributed by atoms with Gasteiger partial charge in [-0.15, -0.1) is 0 Å². The fourth-order valence-corrected chi connectivity index (χ4v) is 3.20. The number of nitrogens with zero attached hydrogens (tertiary/aromatic N) is 2. The molecule has 104 valence electrons. The molecule has 18 heavy (non-hydrogen) atoms. The minimum atomic E-state index is 0.232. The van der Waals surface area contributed by atoms with Gasteiger partial charge in [0, 0.05) is 31.7 Å². The van der Waals surface area contributed by atoms with Gasteiger partial charge in [-0.2, -0.15) is 0 Å². The van der Waals surface area contributed by atoms with Crippen LogP contribution < -0.4 is 5.73 Å². The van der Waals surface area contributed by atoms with E-state index in [4.69, 9.17) is 5.73 Å². The molecule has 0 bridgehead atoms. The van der Waals surface area contributed by atoms with Crippen LogP contribution in [0.25, 0.3) is 0 Å². The zero-order valence-corrected chi connectivity index (χ0v) is 12.1. The molecule has 2 atom stereocenters. The summed E-state index contributed by atoms with van der Waals surface area (Å²) in [6.07, 6.45) is 10.3. The van der Waals surface area contributed by atoms with Crippen LogP contribution in [0.5, 0.6) is 0 Å². The SMILES string of the molecule is CN1CCN(C)C(C(N)C2=CCCCCCC2)C1. The zero-order chi connectivity index (χ0) is 13.0. The fourth-order valence-electron chi connectivity index (χ4n) is 3.20. The van der Waals surface area contributed by atoms with E-state index in [0.29, 0.717) is 6.04 Å². The molecule has 0 spiro atoms. The minimum Gasteiger partial charge on any atom is -0.323 e. The number of nitrogens with two attached hydrogens (primary N) is 1. The average molecular weight is 251 g/mol. The van der Waals surface area contributed by atoms with E-state index in [9.17, 15) is 0 Å². The molecule has 1 fully saturated rings. The summed E-state index contributed by atoms with van der Waals surface area (Å²) in [6, 6.07) is 0.727. The van der Waals surface area contributed by atoms with Gasteiger partial charge in [-0.25, -0.2) is 0 Å². The van der Waals surface area contributed by atoms with E-state index in [1.165, 1.54) is 50.6 Å². The Balaban J connectivity index is 2.01. The summed E-state index contributed by atoms with van der Waals surface area (Å²) in [6.45, 7) is 3.41. The van der Waals surface area contributed by atoms with Crippen molar-refractivity contribution in [3.63, 3.8) is 0 Å². The summed E-state index contributed by atoms with van der Waals surface area (Å²) >= 11 is 0. The largest absolute Gasteiger partial charge is 0.323 e. The third-order valence-electron chi connectivity index (χ3n) is 4.57. The summed E-state index contributed by atoms with van der Waals surface area (Å²) in [5.74, 6) is 0. The maximum atomic E-state index is 6.56. The van der Waals surface area contributed by atoms with E-state index in [0.717, 1.165) is 13.1 Å². The molecular formula is C15H29N3. The third kappa shape index (κ3) is 3.56. The molecule has 0 saturated carbocycles. The first-order valence-electron chi connectivity index (χ1n) is 7.52. The van der Waals surface area contributed by atoms with Crippen LogP contribution in [0, 0.1) is 0 Å². The van der Waals surface area contributed by atoms with E-state index in [2.05, 4.69) is 30.0 Å². The van der Waals surface area contributed by atoms with Crippen molar-refractivity contribution >= 4 is 0 Å². The first-order chi connectivity index (χ1) is 8.68. The Morgan fingerprint density at radius 2 is 1.94 bits per heavy atom. The molecule has 3 nitrogen and oxygen atoms in total. The zero-order valence-electron chi connectivity index (χ0n) is 12.1. The van der Waals surface area contributed by atoms with E-state index < -0.39 is 0 Å². The quantitative estimate of drug-likeness (QED) is 0.760. The summed E-state index contributed by atoms with van der Waals surface area (Å²) in [5.41, 5.74) is 8.08. The number of likely N-dealkylation sites (N-methyl/N-ethyl adjacent to an activating group) is 2. The van der Waals surface area contributed by atoms with Crippen LogP contribution in [0.15, 0.2) is 11.6 Å². The van der Waals surface area contributed by atoms with Crippen molar-refractivity contribution in [2.75, 3.05) is 33.7 Å². The smallest absolute Gasteiger partial charge is 0.0424 e. The number of allylic oxidation sites excluding steroid dienone is 1. The number of rotatable bonds is 2. The molecular weight excluding hydrogens is 222 g/mol. The van der Waals surface area contributed by atoms with Crippen molar-refractivity contribution in [2.45, 2.75) is 50.6 Å². The van der Waals surface area contributed by atoms with Crippen molar-refractivity contribution in [3.05, 3.63) is 11.6 Å². The van der Waals surface area contributed by atoms with Gasteiger partial charge in [0.2, 0.25) is 0 Å². The second kappa shape index (κ2) is 6.69. The van der Waals surface area contributed by atoms with Crippen molar-refractivity contribution in [2.24, 2.45) is 5.73 Å². The second-order valence-corrected chi connectivity index (χ2v) is 6.07. The molecule has 2 aliphatic rings. The van der Waals surface area contributed by atoms with Crippen molar-refractivity contribution in [1.82, 2.24) is 9.80 Å².